The lowest BCUT2D eigenvalue weighted by Gasteiger charge is -2.10. The van der Waals surface area contributed by atoms with Gasteiger partial charge in [0.05, 0.1) is 32.6 Å². The van der Waals surface area contributed by atoms with E-state index in [0.29, 0.717) is 11.0 Å². The Labute approximate surface area is 213 Å². The Bertz CT molecular complexity index is 2270. The van der Waals surface area contributed by atoms with Crippen LogP contribution in [-0.2, 0) is 34.1 Å². The molecule has 0 amide bonds. The zero-order chi connectivity index (χ0) is 27.0. The van der Waals surface area contributed by atoms with Crippen LogP contribution in [0.5, 0.6) is 0 Å². The molecule has 3 heterocycles. The molecule has 0 aliphatic rings. The van der Waals surface area contributed by atoms with Crippen LogP contribution < -0.4 is 16.2 Å². The van der Waals surface area contributed by atoms with Crippen molar-refractivity contribution in [2.45, 2.75) is 9.79 Å². The maximum atomic E-state index is 13.6. The van der Waals surface area contributed by atoms with Gasteiger partial charge in [-0.15, -0.1) is 0 Å². The summed E-state index contributed by atoms with van der Waals surface area (Å²) in [6, 6.07) is 12.5. The van der Waals surface area contributed by atoms with Crippen molar-refractivity contribution in [3.05, 3.63) is 82.0 Å². The van der Waals surface area contributed by atoms with Gasteiger partial charge in [0.2, 0.25) is 0 Å². The van der Waals surface area contributed by atoms with Crippen LogP contribution in [0, 0.1) is 0 Å². The molecule has 0 unspecified atom stereocenters. The highest BCUT2D eigenvalue weighted by atomic mass is 32.2. The number of fused-ring (bicyclic) bond motifs is 3. The number of rotatable bonds is 5. The van der Waals surface area contributed by atoms with Crippen molar-refractivity contribution in [2.24, 2.45) is 14.1 Å². The van der Waals surface area contributed by atoms with Crippen LogP contribution >= 0.6 is 0 Å². The van der Waals surface area contributed by atoms with Gasteiger partial charge in [-0.2, -0.15) is 0 Å². The van der Waals surface area contributed by atoms with Crippen molar-refractivity contribution in [1.82, 2.24) is 18.1 Å². The molecule has 0 fully saturated rings. The van der Waals surface area contributed by atoms with Gasteiger partial charge in [0.15, 0.2) is 11.2 Å². The van der Waals surface area contributed by atoms with E-state index < -0.39 is 31.6 Å². The molecule has 0 spiro atoms. The molecule has 0 atom stereocenters. The minimum atomic E-state index is -4.30. The Morgan fingerprint density at radius 1 is 0.816 bits per heavy atom. The minimum Gasteiger partial charge on any atom is -0.408 e. The van der Waals surface area contributed by atoms with Crippen molar-refractivity contribution in [1.29, 1.82) is 0 Å². The van der Waals surface area contributed by atoms with Crippen LogP contribution in [0.25, 0.3) is 33.2 Å². The molecule has 15 heteroatoms. The van der Waals surface area contributed by atoms with Gasteiger partial charge >= 0.3 is 11.5 Å². The summed E-state index contributed by atoms with van der Waals surface area (Å²) >= 11 is 0. The lowest BCUT2D eigenvalue weighted by Crippen LogP contribution is -2.14. The first-order chi connectivity index (χ1) is 18.0. The fourth-order valence-corrected chi connectivity index (χ4v) is 6.65. The molecule has 0 saturated heterocycles. The second-order valence-corrected chi connectivity index (χ2v) is 11.9. The Morgan fingerprint density at radius 3 is 2.34 bits per heavy atom. The Hall–Kier alpha value is -4.63. The molecule has 6 aromatic rings. The van der Waals surface area contributed by atoms with Gasteiger partial charge < -0.3 is 8.83 Å². The van der Waals surface area contributed by atoms with E-state index in [-0.39, 0.29) is 37.7 Å². The van der Waals surface area contributed by atoms with Gasteiger partial charge in [0.25, 0.3) is 20.0 Å². The first kappa shape index (κ1) is 23.7. The Balaban J connectivity index is 1.42. The number of hydrogen-bond donors (Lipinski definition) is 1. The summed E-state index contributed by atoms with van der Waals surface area (Å²) in [6.07, 6.45) is 1.09. The second kappa shape index (κ2) is 7.93. The fraction of sp³-hybridized carbons (Fsp3) is 0.0870. The first-order valence-electron chi connectivity index (χ1n) is 10.9. The van der Waals surface area contributed by atoms with E-state index in [0.717, 1.165) is 10.3 Å². The van der Waals surface area contributed by atoms with Crippen LogP contribution in [0.3, 0.4) is 0 Å². The number of hydrogen-bond acceptors (Lipinski definition) is 9. The maximum Gasteiger partial charge on any atom is 0.419 e. The van der Waals surface area contributed by atoms with E-state index in [1.54, 1.807) is 6.07 Å². The predicted octanol–water partition coefficient (Wildman–Crippen LogP) is 1.96. The quantitative estimate of drug-likeness (QED) is 0.334. The van der Waals surface area contributed by atoms with Crippen molar-refractivity contribution in [3.8, 4) is 0 Å². The molecule has 0 saturated carbocycles. The molecule has 38 heavy (non-hydrogen) atoms. The number of anilines is 1. The molecule has 3 aromatic heterocycles. The lowest BCUT2D eigenvalue weighted by molar-refractivity contribution is 0.520. The van der Waals surface area contributed by atoms with Gasteiger partial charge in [-0.1, -0.05) is 6.07 Å². The summed E-state index contributed by atoms with van der Waals surface area (Å²) < 4.78 is 69.3. The van der Waals surface area contributed by atoms with Crippen molar-refractivity contribution in [3.63, 3.8) is 0 Å². The molecular weight excluding hydrogens is 538 g/mol. The monoisotopic (exact) mass is 555 g/mol. The minimum absolute atomic E-state index is 0.0634. The number of aryl methyl sites for hydroxylation is 2. The molecule has 0 radical (unpaired) electrons. The fourth-order valence-electron chi connectivity index (χ4n) is 4.17. The van der Waals surface area contributed by atoms with Crippen LogP contribution in [0.15, 0.2) is 89.1 Å². The van der Waals surface area contributed by atoms with E-state index in [9.17, 15) is 26.4 Å². The van der Waals surface area contributed by atoms with Gasteiger partial charge in [0, 0.05) is 20.2 Å². The predicted molar refractivity (Wildman–Crippen MR) is 136 cm³/mol. The average Bonchev–Trinajstić information content (AvgIpc) is 3.52. The van der Waals surface area contributed by atoms with Crippen LogP contribution in [0.4, 0.5) is 5.69 Å². The molecule has 1 N–H and O–H groups in total. The number of benzene rings is 3. The highest BCUT2D eigenvalue weighted by molar-refractivity contribution is 7.92. The van der Waals surface area contributed by atoms with Crippen molar-refractivity contribution >= 4 is 59.0 Å². The maximum absolute atomic E-state index is 13.6. The second-order valence-electron chi connectivity index (χ2n) is 8.44. The molecule has 0 aliphatic carbocycles. The normalized spacial score (nSPS) is 12.6. The van der Waals surface area contributed by atoms with E-state index in [1.807, 2.05) is 0 Å². The third-order valence-electron chi connectivity index (χ3n) is 6.16. The molecule has 0 aliphatic heterocycles. The number of oxazole rings is 2. The third kappa shape index (κ3) is 3.47. The number of para-hydroxylation sites is 1. The SMILES string of the molecule is Cn1c(=O)oc2cc(S(=O)(=O)Nc3ccc4ncn(S(=O)(=O)c5cccc6c5oc(=O)n6C)c4c3)ccc21. The largest absolute Gasteiger partial charge is 0.419 e. The Kier molecular flexibility index (Phi) is 4.96. The number of nitrogens with one attached hydrogen (secondary N) is 1. The number of aromatic nitrogens is 4. The zero-order valence-corrected chi connectivity index (χ0v) is 21.3. The van der Waals surface area contributed by atoms with Gasteiger partial charge in [-0.3, -0.25) is 13.9 Å². The Morgan fingerprint density at radius 2 is 1.55 bits per heavy atom. The molecule has 3 aromatic carbocycles. The molecule has 13 nitrogen and oxygen atoms in total. The number of imidazole rings is 1. The van der Waals surface area contributed by atoms with Crippen LogP contribution in [-0.4, -0.2) is 34.9 Å². The molecule has 6 rings (SSSR count). The first-order valence-corrected chi connectivity index (χ1v) is 13.8. The standard InChI is InChI=1S/C23H17N5O8S2/c1-26-16-9-7-14(11-19(16)35-22(26)29)37(31,32)25-13-6-8-15-18(10-13)28(12-24-15)38(33,34)20-5-3-4-17-21(20)36-23(30)27(17)2/h3-12,25H,1-2H3. The molecule has 194 valence electrons. The molecule has 0 bridgehead atoms. The third-order valence-corrected chi connectivity index (χ3v) is 9.23. The lowest BCUT2D eigenvalue weighted by atomic mass is 10.3. The van der Waals surface area contributed by atoms with E-state index >= 15 is 0 Å². The van der Waals surface area contributed by atoms with E-state index in [2.05, 4.69) is 9.71 Å². The van der Waals surface area contributed by atoms with E-state index in [4.69, 9.17) is 8.83 Å². The summed E-state index contributed by atoms with van der Waals surface area (Å²) in [7, 11) is -5.49. The smallest absolute Gasteiger partial charge is 0.408 e. The van der Waals surface area contributed by atoms with E-state index in [1.165, 1.54) is 71.8 Å². The van der Waals surface area contributed by atoms with Crippen LogP contribution in [0.2, 0.25) is 0 Å². The van der Waals surface area contributed by atoms with Crippen molar-refractivity contribution < 1.29 is 25.7 Å². The zero-order valence-electron chi connectivity index (χ0n) is 19.6. The summed E-state index contributed by atoms with van der Waals surface area (Å²) in [4.78, 5) is 27.4. The van der Waals surface area contributed by atoms with Gasteiger partial charge in [-0.25, -0.2) is 35.4 Å². The highest BCUT2D eigenvalue weighted by Crippen LogP contribution is 2.28. The van der Waals surface area contributed by atoms with Gasteiger partial charge in [-0.05, 0) is 42.5 Å². The van der Waals surface area contributed by atoms with Crippen molar-refractivity contribution in [2.75, 3.05) is 4.72 Å². The van der Waals surface area contributed by atoms with Gasteiger partial charge in [0.1, 0.15) is 11.2 Å². The highest BCUT2D eigenvalue weighted by Gasteiger charge is 2.26. The topological polar surface area (TPSA) is 168 Å². The summed E-state index contributed by atoms with van der Waals surface area (Å²) in [6.45, 7) is 0. The van der Waals surface area contributed by atoms with Crippen LogP contribution in [0.1, 0.15) is 0 Å². The number of nitrogens with zero attached hydrogens (tertiary/aromatic N) is 4. The molecular formula is C23H17N5O8S2. The average molecular weight is 556 g/mol. The summed E-state index contributed by atoms with van der Waals surface area (Å²) in [5.41, 5.74) is 1.14. The summed E-state index contributed by atoms with van der Waals surface area (Å²) in [5, 5.41) is 0. The number of sulfonamides is 1. The summed E-state index contributed by atoms with van der Waals surface area (Å²) in [5.74, 6) is -1.35.